The highest BCUT2D eigenvalue weighted by Gasteiger charge is 2.29. The normalized spacial score (nSPS) is 12.9. The molecule has 132 valence electrons. The van der Waals surface area contributed by atoms with Crippen molar-refractivity contribution in [3.05, 3.63) is 69.0 Å². The number of aromatic nitrogens is 3. The topological polar surface area (TPSA) is 52.3 Å². The molecule has 2 aromatic carbocycles. The van der Waals surface area contributed by atoms with Crippen LogP contribution in [0.4, 0.5) is 8.78 Å². The largest absolute Gasteiger partial charge is 0.467 e. The average Bonchev–Trinajstić information content (AvgIpc) is 2.96. The number of hydrogen-bond acceptors (Lipinski definition) is 4. The van der Waals surface area contributed by atoms with Crippen LogP contribution in [-0.2, 0) is 6.54 Å². The standard InChI is InChI=1S/C17H10Cl2F2N4O/c1-26-17-24-23-12-7-22-16(13-9(20)3-2-4-10(13)21)14-11(25(12)17)6-5-8(18)15(14)19/h2-6H,7H2,1H3. The van der Waals surface area contributed by atoms with Crippen molar-refractivity contribution < 1.29 is 13.5 Å². The van der Waals surface area contributed by atoms with Gasteiger partial charge in [-0.25, -0.2) is 13.3 Å². The molecule has 0 saturated carbocycles. The number of aliphatic imine (C=N–C) groups is 1. The van der Waals surface area contributed by atoms with Crippen LogP contribution in [0.2, 0.25) is 10.0 Å². The first kappa shape index (κ1) is 16.9. The second kappa shape index (κ2) is 6.34. The van der Waals surface area contributed by atoms with Crippen molar-refractivity contribution in [1.29, 1.82) is 0 Å². The van der Waals surface area contributed by atoms with E-state index in [-0.39, 0.29) is 39.4 Å². The van der Waals surface area contributed by atoms with E-state index in [0.29, 0.717) is 11.5 Å². The Balaban J connectivity index is 2.09. The van der Waals surface area contributed by atoms with Crippen LogP contribution in [0.3, 0.4) is 0 Å². The average molecular weight is 395 g/mol. The van der Waals surface area contributed by atoms with Crippen LogP contribution >= 0.6 is 23.2 Å². The minimum Gasteiger partial charge on any atom is -0.467 e. The number of ether oxygens (including phenoxy) is 1. The first-order valence-electron chi connectivity index (χ1n) is 7.48. The molecule has 1 aromatic heterocycles. The zero-order valence-electron chi connectivity index (χ0n) is 13.3. The highest BCUT2D eigenvalue weighted by atomic mass is 35.5. The number of halogens is 4. The molecule has 1 aliphatic rings. The Kier molecular flexibility index (Phi) is 4.13. The molecular formula is C17H10Cl2F2N4O. The summed E-state index contributed by atoms with van der Waals surface area (Å²) in [6, 6.07) is 7.02. The van der Waals surface area contributed by atoms with Crippen molar-refractivity contribution in [2.45, 2.75) is 6.54 Å². The lowest BCUT2D eigenvalue weighted by Gasteiger charge is -2.16. The third-order valence-electron chi connectivity index (χ3n) is 4.01. The summed E-state index contributed by atoms with van der Waals surface area (Å²) >= 11 is 12.6. The zero-order chi connectivity index (χ0) is 18.4. The second-order valence-corrected chi connectivity index (χ2v) is 6.24. The molecule has 9 heteroatoms. The summed E-state index contributed by atoms with van der Waals surface area (Å²) in [4.78, 5) is 4.36. The van der Waals surface area contributed by atoms with Gasteiger partial charge in [0.2, 0.25) is 0 Å². The van der Waals surface area contributed by atoms with Gasteiger partial charge in [0, 0.05) is 5.56 Å². The molecule has 3 aromatic rings. The number of methoxy groups -OCH3 is 1. The van der Waals surface area contributed by atoms with E-state index in [2.05, 4.69) is 15.2 Å². The summed E-state index contributed by atoms with van der Waals surface area (Å²) in [6.45, 7) is 0.0299. The Bertz CT molecular complexity index is 1040. The highest BCUT2D eigenvalue weighted by Crippen LogP contribution is 2.37. The Morgan fingerprint density at radius 2 is 1.77 bits per heavy atom. The first-order valence-corrected chi connectivity index (χ1v) is 8.24. The highest BCUT2D eigenvalue weighted by molar-refractivity contribution is 6.45. The molecule has 0 unspecified atom stereocenters. The Morgan fingerprint density at radius 3 is 2.46 bits per heavy atom. The molecule has 0 spiro atoms. The smallest absolute Gasteiger partial charge is 0.321 e. The predicted molar refractivity (Wildman–Crippen MR) is 93.6 cm³/mol. The summed E-state index contributed by atoms with van der Waals surface area (Å²) in [6.07, 6.45) is 0. The number of benzene rings is 2. The fourth-order valence-electron chi connectivity index (χ4n) is 2.89. The Hall–Kier alpha value is -2.51. The number of hydrogen-bond donors (Lipinski definition) is 0. The lowest BCUT2D eigenvalue weighted by atomic mass is 9.99. The van der Waals surface area contributed by atoms with E-state index < -0.39 is 11.6 Å². The third kappa shape index (κ3) is 2.47. The van der Waals surface area contributed by atoms with Gasteiger partial charge in [0.15, 0.2) is 5.82 Å². The summed E-state index contributed by atoms with van der Waals surface area (Å²) in [5, 5.41) is 8.31. The molecule has 1 aliphatic heterocycles. The fourth-order valence-corrected chi connectivity index (χ4v) is 3.29. The molecular weight excluding hydrogens is 385 g/mol. The molecule has 0 bridgehead atoms. The molecule has 4 rings (SSSR count). The van der Waals surface area contributed by atoms with E-state index in [1.54, 1.807) is 16.7 Å². The van der Waals surface area contributed by atoms with Crippen molar-refractivity contribution in [3.63, 3.8) is 0 Å². The van der Waals surface area contributed by atoms with Crippen LogP contribution in [0.25, 0.3) is 5.69 Å². The van der Waals surface area contributed by atoms with Crippen molar-refractivity contribution in [3.8, 4) is 11.7 Å². The molecule has 0 aliphatic carbocycles. The van der Waals surface area contributed by atoms with Crippen LogP contribution in [-0.4, -0.2) is 27.6 Å². The Morgan fingerprint density at radius 1 is 1.04 bits per heavy atom. The quantitative estimate of drug-likeness (QED) is 0.653. The van der Waals surface area contributed by atoms with Gasteiger partial charge in [0.05, 0.1) is 34.1 Å². The van der Waals surface area contributed by atoms with Crippen LogP contribution < -0.4 is 4.74 Å². The van der Waals surface area contributed by atoms with E-state index in [4.69, 9.17) is 27.9 Å². The lowest BCUT2D eigenvalue weighted by molar-refractivity contribution is 0.371. The van der Waals surface area contributed by atoms with Crippen molar-refractivity contribution in [1.82, 2.24) is 14.8 Å². The monoisotopic (exact) mass is 394 g/mol. The zero-order valence-corrected chi connectivity index (χ0v) is 14.8. The first-order chi connectivity index (χ1) is 12.5. The number of fused-ring (bicyclic) bond motifs is 3. The maximum absolute atomic E-state index is 14.4. The van der Waals surface area contributed by atoms with Crippen LogP contribution in [0.1, 0.15) is 17.0 Å². The van der Waals surface area contributed by atoms with Crippen LogP contribution in [0.15, 0.2) is 35.3 Å². The molecule has 0 saturated heterocycles. The van der Waals surface area contributed by atoms with Crippen LogP contribution in [0.5, 0.6) is 6.01 Å². The number of rotatable bonds is 2. The van der Waals surface area contributed by atoms with E-state index in [1.807, 2.05) is 0 Å². The maximum atomic E-state index is 14.4. The van der Waals surface area contributed by atoms with E-state index >= 15 is 0 Å². The second-order valence-electron chi connectivity index (χ2n) is 5.46. The van der Waals surface area contributed by atoms with Crippen molar-refractivity contribution in [2.24, 2.45) is 4.99 Å². The molecule has 0 N–H and O–H groups in total. The Labute approximate surface area is 156 Å². The summed E-state index contributed by atoms with van der Waals surface area (Å²) in [5.74, 6) is -1.07. The number of nitrogens with zero attached hydrogens (tertiary/aromatic N) is 4. The van der Waals surface area contributed by atoms with Gasteiger partial charge in [-0.2, -0.15) is 0 Å². The van der Waals surface area contributed by atoms with Crippen LogP contribution in [0, 0.1) is 11.6 Å². The minimum atomic E-state index is -0.754. The summed E-state index contributed by atoms with van der Waals surface area (Å²) in [7, 11) is 1.44. The third-order valence-corrected chi connectivity index (χ3v) is 4.82. The van der Waals surface area contributed by atoms with Gasteiger partial charge in [-0.05, 0) is 24.3 Å². The van der Waals surface area contributed by atoms with Crippen molar-refractivity contribution >= 4 is 28.9 Å². The minimum absolute atomic E-state index is 0.0299. The van der Waals surface area contributed by atoms with E-state index in [9.17, 15) is 8.78 Å². The van der Waals surface area contributed by atoms with Gasteiger partial charge in [0.25, 0.3) is 0 Å². The molecule has 5 nitrogen and oxygen atoms in total. The van der Waals surface area contributed by atoms with Crippen molar-refractivity contribution in [2.75, 3.05) is 7.11 Å². The van der Waals surface area contributed by atoms with Gasteiger partial charge in [0.1, 0.15) is 18.2 Å². The van der Waals surface area contributed by atoms with Gasteiger partial charge in [-0.1, -0.05) is 34.4 Å². The summed E-state index contributed by atoms with van der Waals surface area (Å²) < 4.78 is 35.7. The summed E-state index contributed by atoms with van der Waals surface area (Å²) in [5.41, 5.74) is 0.515. The van der Waals surface area contributed by atoms with E-state index in [1.165, 1.54) is 13.2 Å². The van der Waals surface area contributed by atoms with Gasteiger partial charge >= 0.3 is 6.01 Å². The lowest BCUT2D eigenvalue weighted by Crippen LogP contribution is -2.12. The van der Waals surface area contributed by atoms with E-state index in [0.717, 1.165) is 12.1 Å². The molecule has 0 radical (unpaired) electrons. The predicted octanol–water partition coefficient (Wildman–Crippen LogP) is 4.21. The van der Waals surface area contributed by atoms with Gasteiger partial charge < -0.3 is 4.74 Å². The van der Waals surface area contributed by atoms with Gasteiger partial charge in [-0.15, -0.1) is 5.10 Å². The molecule has 0 fully saturated rings. The molecule has 0 amide bonds. The SMILES string of the molecule is COc1nnc2n1-c1ccc(Cl)c(Cl)c1C(c1c(F)cccc1F)=NC2. The molecule has 2 heterocycles. The molecule has 26 heavy (non-hydrogen) atoms. The molecule has 0 atom stereocenters. The van der Waals surface area contributed by atoms with Gasteiger partial charge in [-0.3, -0.25) is 4.99 Å². The fraction of sp³-hybridized carbons (Fsp3) is 0.118. The maximum Gasteiger partial charge on any atom is 0.321 e.